The summed E-state index contributed by atoms with van der Waals surface area (Å²) in [4.78, 5) is 7.29. The topological polar surface area (TPSA) is 28.2 Å². The van der Waals surface area contributed by atoms with Crippen molar-refractivity contribution in [3.63, 3.8) is 0 Å². The number of piperidine rings is 1. The fourth-order valence-corrected chi connectivity index (χ4v) is 3.98. The molecule has 3 rings (SSSR count). The van der Waals surface area contributed by atoms with Crippen LogP contribution in [0.15, 0.2) is 24.3 Å². The zero-order chi connectivity index (χ0) is 14.7. The van der Waals surface area contributed by atoms with Gasteiger partial charge >= 0.3 is 0 Å². The predicted molar refractivity (Wildman–Crippen MR) is 90.8 cm³/mol. The van der Waals surface area contributed by atoms with Crippen LogP contribution in [0.2, 0.25) is 0 Å². The van der Waals surface area contributed by atoms with Crippen LogP contribution in [0.4, 0.5) is 0 Å². The van der Waals surface area contributed by atoms with Gasteiger partial charge in [-0.1, -0.05) is 26.0 Å². The molecule has 2 heterocycles. The number of hydrogen-bond donors (Lipinski definition) is 1. The van der Waals surface area contributed by atoms with Crippen LogP contribution in [0.25, 0.3) is 10.2 Å². The van der Waals surface area contributed by atoms with Gasteiger partial charge in [0.05, 0.1) is 10.2 Å². The van der Waals surface area contributed by atoms with Gasteiger partial charge in [-0.3, -0.25) is 0 Å². The van der Waals surface area contributed by atoms with Gasteiger partial charge in [0.15, 0.2) is 0 Å². The van der Waals surface area contributed by atoms with Crippen molar-refractivity contribution in [3.05, 3.63) is 29.3 Å². The van der Waals surface area contributed by atoms with E-state index in [0.29, 0.717) is 6.04 Å². The molecule has 21 heavy (non-hydrogen) atoms. The van der Waals surface area contributed by atoms with Gasteiger partial charge in [0, 0.05) is 19.1 Å². The van der Waals surface area contributed by atoms with Gasteiger partial charge in [-0.2, -0.15) is 0 Å². The van der Waals surface area contributed by atoms with E-state index in [4.69, 9.17) is 4.98 Å². The molecule has 1 aromatic carbocycles. The number of rotatable bonds is 5. The van der Waals surface area contributed by atoms with Crippen molar-refractivity contribution < 1.29 is 0 Å². The minimum atomic E-state index is 0.653. The van der Waals surface area contributed by atoms with E-state index in [0.717, 1.165) is 18.0 Å². The van der Waals surface area contributed by atoms with Crippen molar-refractivity contribution in [2.75, 3.05) is 19.6 Å². The molecule has 0 aliphatic carbocycles. The summed E-state index contributed by atoms with van der Waals surface area (Å²) < 4.78 is 1.29. The Morgan fingerprint density at radius 2 is 2.05 bits per heavy atom. The van der Waals surface area contributed by atoms with Crippen molar-refractivity contribution in [2.24, 2.45) is 5.92 Å². The second-order valence-corrected chi connectivity index (χ2v) is 7.54. The van der Waals surface area contributed by atoms with Crippen molar-refractivity contribution in [1.29, 1.82) is 0 Å². The fraction of sp³-hybridized carbons (Fsp3) is 0.588. The molecular weight excluding hydrogens is 278 g/mol. The summed E-state index contributed by atoms with van der Waals surface area (Å²) in [6, 6.07) is 9.05. The second kappa shape index (κ2) is 6.86. The van der Waals surface area contributed by atoms with Crippen molar-refractivity contribution in [3.8, 4) is 0 Å². The molecule has 1 saturated heterocycles. The Labute approximate surface area is 131 Å². The van der Waals surface area contributed by atoms with Crippen LogP contribution >= 0.6 is 11.3 Å². The summed E-state index contributed by atoms with van der Waals surface area (Å²) in [5.74, 6) is 0.775. The first-order valence-corrected chi connectivity index (χ1v) is 8.82. The Hall–Kier alpha value is -0.970. The Bertz CT molecular complexity index is 537. The van der Waals surface area contributed by atoms with Crippen LogP contribution in [0.1, 0.15) is 31.7 Å². The first-order valence-electron chi connectivity index (χ1n) is 8.01. The summed E-state index contributed by atoms with van der Waals surface area (Å²) in [5.41, 5.74) is 1.13. The molecular formula is C17H25N3S. The predicted octanol–water partition coefficient (Wildman–Crippen LogP) is 3.51. The molecule has 0 bridgehead atoms. The molecule has 4 heteroatoms. The lowest BCUT2D eigenvalue weighted by atomic mass is 10.0. The van der Waals surface area contributed by atoms with E-state index in [1.807, 2.05) is 11.3 Å². The molecule has 3 nitrogen and oxygen atoms in total. The van der Waals surface area contributed by atoms with Gasteiger partial charge in [0.2, 0.25) is 0 Å². The molecule has 114 valence electrons. The Morgan fingerprint density at radius 3 is 2.76 bits per heavy atom. The minimum Gasteiger partial charge on any atom is -0.308 e. The lowest BCUT2D eigenvalue weighted by molar-refractivity contribution is 0.179. The number of thiazole rings is 1. The highest BCUT2D eigenvalue weighted by atomic mass is 32.1. The number of hydrogen-bond acceptors (Lipinski definition) is 4. The molecule has 1 aliphatic rings. The maximum atomic E-state index is 4.70. The average Bonchev–Trinajstić information content (AvgIpc) is 2.89. The third-order valence-electron chi connectivity index (χ3n) is 4.09. The second-order valence-electron chi connectivity index (χ2n) is 6.42. The summed E-state index contributed by atoms with van der Waals surface area (Å²) >= 11 is 1.81. The van der Waals surface area contributed by atoms with Crippen molar-refractivity contribution in [1.82, 2.24) is 15.2 Å². The van der Waals surface area contributed by atoms with Gasteiger partial charge < -0.3 is 10.2 Å². The Morgan fingerprint density at radius 1 is 1.29 bits per heavy atom. The maximum Gasteiger partial charge on any atom is 0.108 e. The van der Waals surface area contributed by atoms with Crippen LogP contribution in [-0.2, 0) is 6.54 Å². The molecule has 0 spiro atoms. The SMILES string of the molecule is CC(C)CN1CCC(NCc2nc3ccccc3s2)CC1. The zero-order valence-electron chi connectivity index (χ0n) is 13.0. The molecule has 1 aromatic heterocycles. The largest absolute Gasteiger partial charge is 0.308 e. The number of para-hydroxylation sites is 1. The molecule has 1 fully saturated rings. The van der Waals surface area contributed by atoms with Gasteiger partial charge in [0.25, 0.3) is 0 Å². The first-order chi connectivity index (χ1) is 10.2. The summed E-state index contributed by atoms with van der Waals surface area (Å²) in [6.07, 6.45) is 2.52. The monoisotopic (exact) mass is 303 g/mol. The maximum absolute atomic E-state index is 4.70. The normalized spacial score (nSPS) is 17.9. The highest BCUT2D eigenvalue weighted by molar-refractivity contribution is 7.18. The number of nitrogens with zero attached hydrogens (tertiary/aromatic N) is 2. The van der Waals surface area contributed by atoms with Gasteiger partial charge in [-0.15, -0.1) is 11.3 Å². The lowest BCUT2D eigenvalue weighted by Crippen LogP contribution is -2.43. The Balaban J connectivity index is 1.48. The first kappa shape index (κ1) is 14.9. The molecule has 0 atom stereocenters. The van der Waals surface area contributed by atoms with Crippen molar-refractivity contribution in [2.45, 2.75) is 39.3 Å². The molecule has 0 saturated carbocycles. The average molecular weight is 303 g/mol. The van der Waals surface area contributed by atoms with Crippen LogP contribution in [0, 0.1) is 5.92 Å². The minimum absolute atomic E-state index is 0.653. The van der Waals surface area contributed by atoms with E-state index < -0.39 is 0 Å². The molecule has 1 aliphatic heterocycles. The summed E-state index contributed by atoms with van der Waals surface area (Å²) in [5, 5.41) is 4.90. The van der Waals surface area contributed by atoms with E-state index in [9.17, 15) is 0 Å². The van der Waals surface area contributed by atoms with E-state index in [-0.39, 0.29) is 0 Å². The van der Waals surface area contributed by atoms with Gasteiger partial charge in [0.1, 0.15) is 5.01 Å². The molecule has 2 aromatic rings. The van der Waals surface area contributed by atoms with E-state index in [2.05, 4.69) is 48.3 Å². The van der Waals surface area contributed by atoms with E-state index >= 15 is 0 Å². The molecule has 1 N–H and O–H groups in total. The van der Waals surface area contributed by atoms with Gasteiger partial charge in [-0.25, -0.2) is 4.98 Å². The quantitative estimate of drug-likeness (QED) is 0.916. The van der Waals surface area contributed by atoms with Crippen molar-refractivity contribution >= 4 is 21.6 Å². The smallest absolute Gasteiger partial charge is 0.108 e. The number of aromatic nitrogens is 1. The Kier molecular flexibility index (Phi) is 4.88. The van der Waals surface area contributed by atoms with Crippen LogP contribution in [0.3, 0.4) is 0 Å². The number of fused-ring (bicyclic) bond motifs is 1. The zero-order valence-corrected chi connectivity index (χ0v) is 13.8. The summed E-state index contributed by atoms with van der Waals surface area (Å²) in [7, 11) is 0. The number of nitrogens with one attached hydrogen (secondary N) is 1. The molecule has 0 amide bonds. The third-order valence-corrected chi connectivity index (χ3v) is 5.13. The van der Waals surface area contributed by atoms with E-state index in [1.54, 1.807) is 0 Å². The number of benzene rings is 1. The van der Waals surface area contributed by atoms with Gasteiger partial charge in [-0.05, 0) is 44.0 Å². The van der Waals surface area contributed by atoms with Crippen LogP contribution in [0.5, 0.6) is 0 Å². The summed E-state index contributed by atoms with van der Waals surface area (Å²) in [6.45, 7) is 9.22. The highest BCUT2D eigenvalue weighted by Crippen LogP contribution is 2.22. The fourth-order valence-electron chi connectivity index (χ4n) is 3.06. The molecule has 0 radical (unpaired) electrons. The third kappa shape index (κ3) is 4.02. The van der Waals surface area contributed by atoms with Crippen LogP contribution in [-0.4, -0.2) is 35.6 Å². The standard InChI is InChI=1S/C17H25N3S/c1-13(2)12-20-9-7-14(8-10-20)18-11-17-19-15-5-3-4-6-16(15)21-17/h3-6,13-14,18H,7-12H2,1-2H3. The van der Waals surface area contributed by atoms with E-state index in [1.165, 1.54) is 42.2 Å². The number of likely N-dealkylation sites (tertiary alicyclic amines) is 1. The molecule has 0 unspecified atom stereocenters. The lowest BCUT2D eigenvalue weighted by Gasteiger charge is -2.33. The van der Waals surface area contributed by atoms with Crippen LogP contribution < -0.4 is 5.32 Å². The highest BCUT2D eigenvalue weighted by Gasteiger charge is 2.19.